The molecule has 1 aromatic carbocycles. The van der Waals surface area contributed by atoms with Gasteiger partial charge in [-0.2, -0.15) is 5.26 Å². The summed E-state index contributed by atoms with van der Waals surface area (Å²) in [4.78, 5) is 13.4. The minimum absolute atomic E-state index is 0.0981. The lowest BCUT2D eigenvalue weighted by Crippen LogP contribution is -2.16. The minimum Gasteiger partial charge on any atom is -0.387 e. The highest BCUT2D eigenvalue weighted by Crippen LogP contribution is 2.15. The Kier molecular flexibility index (Phi) is 3.48. The Bertz CT molecular complexity index is 689. The van der Waals surface area contributed by atoms with E-state index in [9.17, 15) is 4.79 Å². The monoisotopic (exact) mass is 256 g/mol. The molecule has 0 N–H and O–H groups in total. The minimum atomic E-state index is -0.687. The number of benzene rings is 1. The second-order valence-corrected chi connectivity index (χ2v) is 4.04. The Morgan fingerprint density at radius 3 is 2.68 bits per heavy atom. The van der Waals surface area contributed by atoms with Gasteiger partial charge in [0.05, 0.1) is 0 Å². The number of nitrogens with zero attached hydrogens (tertiary/aromatic N) is 4. The van der Waals surface area contributed by atoms with Crippen LogP contribution in [-0.4, -0.2) is 28.8 Å². The van der Waals surface area contributed by atoms with Crippen molar-refractivity contribution in [2.75, 3.05) is 14.1 Å². The molecule has 6 nitrogen and oxygen atoms in total. The molecular weight excluding hydrogens is 244 g/mol. The molecule has 1 heterocycles. The van der Waals surface area contributed by atoms with Crippen molar-refractivity contribution < 1.29 is 4.42 Å². The smallest absolute Gasteiger partial charge is 0.387 e. The SMILES string of the molecule is CN(C)/C=C(\C#N)n1nc(-c2ccccc2)oc1=O. The molecule has 0 amide bonds. The van der Waals surface area contributed by atoms with Crippen molar-refractivity contribution in [1.29, 1.82) is 5.26 Å². The highest BCUT2D eigenvalue weighted by atomic mass is 16.4. The van der Waals surface area contributed by atoms with Crippen LogP contribution in [0, 0.1) is 11.3 Å². The van der Waals surface area contributed by atoms with Crippen molar-refractivity contribution in [3.05, 3.63) is 47.1 Å². The van der Waals surface area contributed by atoms with Gasteiger partial charge in [-0.05, 0) is 12.1 Å². The van der Waals surface area contributed by atoms with E-state index in [0.29, 0.717) is 5.56 Å². The molecule has 2 rings (SSSR count). The van der Waals surface area contributed by atoms with Crippen LogP contribution in [0.2, 0.25) is 0 Å². The molecule has 2 aromatic rings. The third-order valence-electron chi connectivity index (χ3n) is 2.29. The Hall–Kier alpha value is -2.81. The first-order valence-corrected chi connectivity index (χ1v) is 5.56. The van der Waals surface area contributed by atoms with E-state index in [1.807, 2.05) is 24.3 Å². The number of hydrogen-bond donors (Lipinski definition) is 0. The van der Waals surface area contributed by atoms with Crippen LogP contribution in [0.5, 0.6) is 0 Å². The van der Waals surface area contributed by atoms with Crippen LogP contribution in [0.25, 0.3) is 17.2 Å². The summed E-state index contributed by atoms with van der Waals surface area (Å²) >= 11 is 0. The molecule has 0 atom stereocenters. The number of rotatable bonds is 3. The van der Waals surface area contributed by atoms with Crippen LogP contribution in [0.1, 0.15) is 0 Å². The van der Waals surface area contributed by atoms with Gasteiger partial charge in [-0.15, -0.1) is 9.78 Å². The van der Waals surface area contributed by atoms with Gasteiger partial charge in [0.2, 0.25) is 5.89 Å². The quantitative estimate of drug-likeness (QED) is 0.776. The summed E-state index contributed by atoms with van der Waals surface area (Å²) < 4.78 is 6.00. The van der Waals surface area contributed by atoms with E-state index in [-0.39, 0.29) is 11.6 Å². The van der Waals surface area contributed by atoms with Crippen LogP contribution in [0.4, 0.5) is 0 Å². The molecule has 0 fully saturated rings. The summed E-state index contributed by atoms with van der Waals surface area (Å²) in [7, 11) is 3.50. The van der Waals surface area contributed by atoms with Crippen LogP contribution >= 0.6 is 0 Å². The lowest BCUT2D eigenvalue weighted by Gasteiger charge is -2.04. The molecule has 19 heavy (non-hydrogen) atoms. The number of nitriles is 1. The summed E-state index contributed by atoms with van der Waals surface area (Å²) in [5.74, 6) is -0.501. The highest BCUT2D eigenvalue weighted by molar-refractivity contribution is 5.60. The fraction of sp³-hybridized carbons (Fsp3) is 0.154. The van der Waals surface area contributed by atoms with Gasteiger partial charge in [0.15, 0.2) is 5.70 Å². The average molecular weight is 256 g/mol. The zero-order chi connectivity index (χ0) is 13.8. The van der Waals surface area contributed by atoms with Crippen LogP contribution in [0.15, 0.2) is 45.7 Å². The molecule has 6 heteroatoms. The predicted octanol–water partition coefficient (Wildman–Crippen LogP) is 1.39. The van der Waals surface area contributed by atoms with Crippen molar-refractivity contribution >= 4 is 5.70 Å². The first-order valence-electron chi connectivity index (χ1n) is 5.56. The summed E-state index contributed by atoms with van der Waals surface area (Å²) in [6.07, 6.45) is 1.50. The number of hydrogen-bond acceptors (Lipinski definition) is 5. The maximum absolute atomic E-state index is 11.7. The van der Waals surface area contributed by atoms with Gasteiger partial charge < -0.3 is 9.32 Å². The van der Waals surface area contributed by atoms with Gasteiger partial charge in [-0.1, -0.05) is 18.2 Å². The normalized spacial score (nSPS) is 11.1. The first-order chi connectivity index (χ1) is 9.11. The number of aromatic nitrogens is 2. The van der Waals surface area contributed by atoms with Crippen LogP contribution in [0.3, 0.4) is 0 Å². The Morgan fingerprint density at radius 2 is 2.11 bits per heavy atom. The third-order valence-corrected chi connectivity index (χ3v) is 2.29. The van der Waals surface area contributed by atoms with E-state index in [1.54, 1.807) is 31.1 Å². The average Bonchev–Trinajstić information content (AvgIpc) is 2.79. The maximum Gasteiger partial charge on any atom is 0.442 e. The fourth-order valence-corrected chi connectivity index (χ4v) is 1.50. The lowest BCUT2D eigenvalue weighted by molar-refractivity contribution is 0.515. The van der Waals surface area contributed by atoms with Gasteiger partial charge in [-0.25, -0.2) is 4.79 Å². The summed E-state index contributed by atoms with van der Waals surface area (Å²) in [5, 5.41) is 13.1. The Morgan fingerprint density at radius 1 is 1.42 bits per heavy atom. The summed E-state index contributed by atoms with van der Waals surface area (Å²) in [6, 6.07) is 10.9. The van der Waals surface area contributed by atoms with Crippen molar-refractivity contribution in [1.82, 2.24) is 14.7 Å². The highest BCUT2D eigenvalue weighted by Gasteiger charge is 2.13. The zero-order valence-corrected chi connectivity index (χ0v) is 10.6. The topological polar surface area (TPSA) is 75.1 Å². The van der Waals surface area contributed by atoms with Crippen molar-refractivity contribution in [3.8, 4) is 17.5 Å². The first kappa shape index (κ1) is 12.6. The second kappa shape index (κ2) is 5.23. The molecule has 0 saturated heterocycles. The molecule has 0 bridgehead atoms. The van der Waals surface area contributed by atoms with Gasteiger partial charge in [0.1, 0.15) is 6.07 Å². The maximum atomic E-state index is 11.7. The molecule has 0 aliphatic heterocycles. The van der Waals surface area contributed by atoms with E-state index >= 15 is 0 Å². The Balaban J connectivity index is 2.49. The number of allylic oxidation sites excluding steroid dienone is 1. The van der Waals surface area contributed by atoms with Gasteiger partial charge in [-0.3, -0.25) is 0 Å². The van der Waals surface area contributed by atoms with Crippen LogP contribution in [-0.2, 0) is 0 Å². The molecule has 96 valence electrons. The molecule has 0 saturated carbocycles. The molecule has 0 unspecified atom stereocenters. The van der Waals surface area contributed by atoms with E-state index in [4.69, 9.17) is 9.68 Å². The molecule has 0 radical (unpaired) electrons. The van der Waals surface area contributed by atoms with Crippen molar-refractivity contribution in [3.63, 3.8) is 0 Å². The molecular formula is C13H12N4O2. The third kappa shape index (κ3) is 2.72. The molecule has 0 spiro atoms. The Labute approximate surface area is 109 Å². The van der Waals surface area contributed by atoms with Crippen molar-refractivity contribution in [2.45, 2.75) is 0 Å². The van der Waals surface area contributed by atoms with E-state index in [2.05, 4.69) is 5.10 Å². The van der Waals surface area contributed by atoms with Crippen LogP contribution < -0.4 is 5.76 Å². The molecule has 1 aromatic heterocycles. The van der Waals surface area contributed by atoms with Crippen molar-refractivity contribution in [2.24, 2.45) is 0 Å². The summed E-state index contributed by atoms with van der Waals surface area (Å²) in [6.45, 7) is 0. The largest absolute Gasteiger partial charge is 0.442 e. The molecule has 0 aliphatic carbocycles. The van der Waals surface area contributed by atoms with E-state index in [1.165, 1.54) is 6.20 Å². The zero-order valence-electron chi connectivity index (χ0n) is 10.6. The fourth-order valence-electron chi connectivity index (χ4n) is 1.50. The van der Waals surface area contributed by atoms with E-state index < -0.39 is 5.76 Å². The van der Waals surface area contributed by atoms with Gasteiger partial charge in [0, 0.05) is 25.9 Å². The van der Waals surface area contributed by atoms with E-state index in [0.717, 1.165) is 4.68 Å². The lowest BCUT2D eigenvalue weighted by atomic mass is 10.2. The summed E-state index contributed by atoms with van der Waals surface area (Å²) in [5.41, 5.74) is 0.779. The predicted molar refractivity (Wildman–Crippen MR) is 69.8 cm³/mol. The van der Waals surface area contributed by atoms with Gasteiger partial charge >= 0.3 is 5.76 Å². The van der Waals surface area contributed by atoms with Gasteiger partial charge in [0.25, 0.3) is 0 Å². The standard InChI is InChI=1S/C13H12N4O2/c1-16(2)9-11(8-14)17-13(18)19-12(15-17)10-6-4-3-5-7-10/h3-7,9H,1-2H3/b11-9+. The molecule has 0 aliphatic rings. The second-order valence-electron chi connectivity index (χ2n) is 4.04.